The molecule has 0 aliphatic heterocycles. The normalized spacial score (nSPS) is 14.8. The minimum atomic E-state index is -4.13. The van der Waals surface area contributed by atoms with Crippen LogP contribution in [0.3, 0.4) is 0 Å². The molecule has 7 nitrogen and oxygen atoms in total. The Kier molecular flexibility index (Phi) is 10.3. The highest BCUT2D eigenvalue weighted by molar-refractivity contribution is 9.10. The van der Waals surface area contributed by atoms with Crippen LogP contribution in [0.5, 0.6) is 0 Å². The van der Waals surface area contributed by atoms with Crippen molar-refractivity contribution in [3.05, 3.63) is 93.9 Å². The summed E-state index contributed by atoms with van der Waals surface area (Å²) in [5.74, 6) is -0.763. The highest BCUT2D eigenvalue weighted by Gasteiger charge is 2.33. The second kappa shape index (κ2) is 13.7. The van der Waals surface area contributed by atoms with E-state index in [9.17, 15) is 18.0 Å². The number of amides is 2. The first-order chi connectivity index (χ1) is 19.1. The summed E-state index contributed by atoms with van der Waals surface area (Å²) in [6, 6.07) is 21.0. The van der Waals surface area contributed by atoms with Crippen molar-refractivity contribution in [1.29, 1.82) is 0 Å². The highest BCUT2D eigenvalue weighted by Crippen LogP contribution is 2.27. The number of benzene rings is 3. The summed E-state index contributed by atoms with van der Waals surface area (Å²) in [4.78, 5) is 28.9. The third kappa shape index (κ3) is 7.65. The standard InChI is InChI=1S/C30H33BrClN3O4S/c1-22(30(37)33-26-13-4-2-5-14-26)34(20-23-10-8-11-24(31)18-23)29(36)21-35(27-15-9-12-25(32)19-27)40(38,39)28-16-6-3-7-17-28/h3,6-12,15-19,22,26H,2,4-5,13-14,20-21H2,1H3,(H,33,37)/t22-/m1/s1. The van der Waals surface area contributed by atoms with Gasteiger partial charge in [0.2, 0.25) is 11.8 Å². The molecule has 4 rings (SSSR count). The van der Waals surface area contributed by atoms with Crippen LogP contribution in [-0.2, 0) is 26.2 Å². The number of nitrogens with one attached hydrogen (secondary N) is 1. The van der Waals surface area contributed by atoms with Gasteiger partial charge in [-0.2, -0.15) is 0 Å². The fourth-order valence-corrected chi connectivity index (χ4v) is 6.92. The molecule has 1 fully saturated rings. The molecule has 1 saturated carbocycles. The predicted molar refractivity (Wildman–Crippen MR) is 162 cm³/mol. The lowest BCUT2D eigenvalue weighted by Gasteiger charge is -2.33. The molecule has 40 heavy (non-hydrogen) atoms. The molecule has 212 valence electrons. The van der Waals surface area contributed by atoms with E-state index in [0.717, 1.165) is 46.4 Å². The van der Waals surface area contributed by atoms with Crippen LogP contribution < -0.4 is 9.62 Å². The van der Waals surface area contributed by atoms with Crippen molar-refractivity contribution < 1.29 is 18.0 Å². The molecule has 0 aromatic heterocycles. The summed E-state index contributed by atoms with van der Waals surface area (Å²) in [6.45, 7) is 1.31. The van der Waals surface area contributed by atoms with Crippen molar-refractivity contribution in [2.45, 2.75) is 62.6 Å². The molecule has 1 aliphatic carbocycles. The fraction of sp³-hybridized carbons (Fsp3) is 0.333. The summed E-state index contributed by atoms with van der Waals surface area (Å²) >= 11 is 9.68. The third-order valence-corrected chi connectivity index (χ3v) is 9.58. The van der Waals surface area contributed by atoms with Crippen molar-refractivity contribution in [2.75, 3.05) is 10.8 Å². The first-order valence-electron chi connectivity index (χ1n) is 13.3. The first-order valence-corrected chi connectivity index (χ1v) is 15.9. The van der Waals surface area contributed by atoms with Crippen LogP contribution in [0.15, 0.2) is 88.2 Å². The maximum absolute atomic E-state index is 14.0. The monoisotopic (exact) mass is 645 g/mol. The molecule has 1 atom stereocenters. The molecule has 3 aromatic carbocycles. The number of hydrogen-bond acceptors (Lipinski definition) is 4. The van der Waals surface area contributed by atoms with E-state index in [-0.39, 0.29) is 29.1 Å². The smallest absolute Gasteiger partial charge is 0.264 e. The van der Waals surface area contributed by atoms with Gasteiger partial charge in [0, 0.05) is 22.1 Å². The lowest BCUT2D eigenvalue weighted by Crippen LogP contribution is -2.53. The minimum absolute atomic E-state index is 0.0457. The molecule has 3 aromatic rings. The summed E-state index contributed by atoms with van der Waals surface area (Å²) in [5, 5.41) is 3.45. The molecular formula is C30H33BrClN3O4S. The minimum Gasteiger partial charge on any atom is -0.352 e. The maximum atomic E-state index is 14.0. The average molecular weight is 647 g/mol. The van der Waals surface area contributed by atoms with E-state index in [0.29, 0.717) is 5.02 Å². The molecule has 0 spiro atoms. The van der Waals surface area contributed by atoms with Gasteiger partial charge in [0.05, 0.1) is 10.6 Å². The number of nitrogens with zero attached hydrogens (tertiary/aromatic N) is 2. The summed E-state index contributed by atoms with van der Waals surface area (Å²) < 4.78 is 29.5. The number of carbonyl (C=O) groups excluding carboxylic acids is 2. The number of sulfonamides is 1. The van der Waals surface area contributed by atoms with Gasteiger partial charge in [0.25, 0.3) is 10.0 Å². The molecule has 0 bridgehead atoms. The van der Waals surface area contributed by atoms with Gasteiger partial charge in [0.15, 0.2) is 0 Å². The zero-order valence-corrected chi connectivity index (χ0v) is 25.5. The van der Waals surface area contributed by atoms with Crippen molar-refractivity contribution in [2.24, 2.45) is 0 Å². The largest absolute Gasteiger partial charge is 0.352 e. The van der Waals surface area contributed by atoms with Crippen LogP contribution >= 0.6 is 27.5 Å². The zero-order valence-electron chi connectivity index (χ0n) is 22.3. The first kappa shape index (κ1) is 30.1. The SMILES string of the molecule is C[C@H](C(=O)NC1CCCCC1)N(Cc1cccc(Br)c1)C(=O)CN(c1cccc(Cl)c1)S(=O)(=O)c1ccccc1. The van der Waals surface area contributed by atoms with Crippen molar-refractivity contribution >= 4 is 55.1 Å². The second-order valence-electron chi connectivity index (χ2n) is 9.98. The molecule has 0 saturated heterocycles. The van der Waals surface area contributed by atoms with Crippen LogP contribution in [-0.4, -0.2) is 43.8 Å². The lowest BCUT2D eigenvalue weighted by atomic mass is 9.95. The Balaban J connectivity index is 1.67. The van der Waals surface area contributed by atoms with Gasteiger partial charge in [0.1, 0.15) is 12.6 Å². The Bertz CT molecular complexity index is 1430. The summed E-state index contributed by atoms with van der Waals surface area (Å²) in [7, 11) is -4.13. The van der Waals surface area contributed by atoms with E-state index in [1.54, 1.807) is 43.3 Å². The van der Waals surface area contributed by atoms with Crippen molar-refractivity contribution in [3.63, 3.8) is 0 Å². The van der Waals surface area contributed by atoms with Crippen molar-refractivity contribution in [3.8, 4) is 0 Å². The second-order valence-corrected chi connectivity index (χ2v) is 13.2. The number of carbonyl (C=O) groups is 2. The van der Waals surface area contributed by atoms with Gasteiger partial charge in [-0.1, -0.05) is 83.2 Å². The molecule has 0 heterocycles. The lowest BCUT2D eigenvalue weighted by molar-refractivity contribution is -0.139. The highest BCUT2D eigenvalue weighted by atomic mass is 79.9. The van der Waals surface area contributed by atoms with Crippen LogP contribution in [0.25, 0.3) is 0 Å². The van der Waals surface area contributed by atoms with Gasteiger partial charge < -0.3 is 10.2 Å². The fourth-order valence-electron chi connectivity index (χ4n) is 4.86. The Labute approximate surface area is 249 Å². The Morgan fingerprint density at radius 1 is 0.975 bits per heavy atom. The number of halogens is 2. The zero-order chi connectivity index (χ0) is 28.7. The van der Waals surface area contributed by atoms with Crippen molar-refractivity contribution in [1.82, 2.24) is 10.2 Å². The van der Waals surface area contributed by atoms with Crippen LogP contribution in [0, 0.1) is 0 Å². The molecule has 0 unspecified atom stereocenters. The van der Waals surface area contributed by atoms with E-state index in [1.165, 1.54) is 23.1 Å². The average Bonchev–Trinajstić information content (AvgIpc) is 2.95. The van der Waals surface area contributed by atoms with Gasteiger partial charge in [-0.3, -0.25) is 13.9 Å². The van der Waals surface area contributed by atoms with Gasteiger partial charge in [-0.05, 0) is 67.8 Å². The van der Waals surface area contributed by atoms with Crippen LogP contribution in [0.2, 0.25) is 5.02 Å². The Hall–Kier alpha value is -2.88. The Morgan fingerprint density at radius 3 is 2.35 bits per heavy atom. The third-order valence-electron chi connectivity index (χ3n) is 7.07. The molecule has 1 N–H and O–H groups in total. The number of rotatable bonds is 10. The molecule has 10 heteroatoms. The molecular weight excluding hydrogens is 614 g/mol. The summed E-state index contributed by atoms with van der Waals surface area (Å²) in [5.41, 5.74) is 1.06. The topological polar surface area (TPSA) is 86.8 Å². The van der Waals surface area contributed by atoms with E-state index >= 15 is 0 Å². The van der Waals surface area contributed by atoms with E-state index < -0.39 is 28.5 Å². The molecule has 2 amide bonds. The molecule has 0 radical (unpaired) electrons. The maximum Gasteiger partial charge on any atom is 0.264 e. The Morgan fingerprint density at radius 2 is 1.68 bits per heavy atom. The summed E-state index contributed by atoms with van der Waals surface area (Å²) in [6.07, 6.45) is 5.11. The van der Waals surface area contributed by atoms with Crippen LogP contribution in [0.4, 0.5) is 5.69 Å². The number of hydrogen-bond donors (Lipinski definition) is 1. The predicted octanol–water partition coefficient (Wildman–Crippen LogP) is 6.16. The van der Waals surface area contributed by atoms with Gasteiger partial charge in [-0.25, -0.2) is 8.42 Å². The van der Waals surface area contributed by atoms with E-state index in [1.807, 2.05) is 24.3 Å². The quantitative estimate of drug-likeness (QED) is 0.286. The van der Waals surface area contributed by atoms with E-state index in [4.69, 9.17) is 11.6 Å². The van der Waals surface area contributed by atoms with Crippen LogP contribution in [0.1, 0.15) is 44.6 Å². The molecule has 1 aliphatic rings. The number of anilines is 1. The van der Waals surface area contributed by atoms with Gasteiger partial charge in [-0.15, -0.1) is 0 Å². The van der Waals surface area contributed by atoms with E-state index in [2.05, 4.69) is 21.2 Å². The van der Waals surface area contributed by atoms with Gasteiger partial charge >= 0.3 is 0 Å².